The fraction of sp³-hybridized carbons (Fsp3) is 0.333. The number of hydrogen-bond donors (Lipinski definition) is 1. The zero-order chi connectivity index (χ0) is 25.2. The zero-order valence-electron chi connectivity index (χ0n) is 19.3. The molecule has 10 heteroatoms. The molecule has 180 valence electrons. The molecule has 0 fully saturated rings. The van der Waals surface area contributed by atoms with Crippen molar-refractivity contribution in [3.8, 4) is 0 Å². The minimum absolute atomic E-state index is 0.0537. The number of anilines is 1. The first kappa shape index (κ1) is 25.1. The van der Waals surface area contributed by atoms with Crippen molar-refractivity contribution in [2.45, 2.75) is 33.3 Å². The average molecular weight is 487 g/mol. The van der Waals surface area contributed by atoms with Crippen LogP contribution in [0, 0.1) is 5.92 Å². The van der Waals surface area contributed by atoms with Crippen LogP contribution in [0.5, 0.6) is 0 Å². The van der Waals surface area contributed by atoms with Gasteiger partial charge >= 0.3 is 5.97 Å². The summed E-state index contributed by atoms with van der Waals surface area (Å²) in [4.78, 5) is 51.7. The van der Waals surface area contributed by atoms with Crippen LogP contribution in [0.25, 0.3) is 0 Å². The third kappa shape index (κ3) is 5.69. The Labute approximate surface area is 198 Å². The largest absolute Gasteiger partial charge is 0.451 e. The second-order valence-corrected chi connectivity index (χ2v) is 10.3. The number of Topliss-reactive ketones (excluding diaryl/α,β-unsaturated/α-hetero) is 1. The van der Waals surface area contributed by atoms with Crippen molar-refractivity contribution in [2.75, 3.05) is 17.5 Å². The molecule has 2 aromatic rings. The molecule has 1 aliphatic heterocycles. The Morgan fingerprint density at radius 2 is 1.53 bits per heavy atom. The smallest absolute Gasteiger partial charge is 0.338 e. The first-order valence-electron chi connectivity index (χ1n) is 10.7. The molecule has 3 rings (SSSR count). The topological polar surface area (TPSA) is 127 Å². The van der Waals surface area contributed by atoms with Gasteiger partial charge in [-0.05, 0) is 61.7 Å². The van der Waals surface area contributed by atoms with Gasteiger partial charge in [-0.1, -0.05) is 13.8 Å². The molecule has 0 unspecified atom stereocenters. The van der Waals surface area contributed by atoms with Crippen molar-refractivity contribution in [1.29, 1.82) is 0 Å². The molecule has 0 aromatic heterocycles. The summed E-state index contributed by atoms with van der Waals surface area (Å²) < 4.78 is 30.2. The van der Waals surface area contributed by atoms with Crippen molar-refractivity contribution >= 4 is 39.3 Å². The second kappa shape index (κ2) is 9.76. The van der Waals surface area contributed by atoms with Gasteiger partial charge in [0.05, 0.1) is 22.9 Å². The van der Waals surface area contributed by atoms with Gasteiger partial charge < -0.3 is 4.74 Å². The van der Waals surface area contributed by atoms with E-state index in [4.69, 9.17) is 4.74 Å². The van der Waals surface area contributed by atoms with E-state index in [1.165, 1.54) is 54.3 Å². The molecule has 2 amide bonds. The summed E-state index contributed by atoms with van der Waals surface area (Å²) in [5, 5.41) is 0. The highest BCUT2D eigenvalue weighted by Gasteiger charge is 2.36. The lowest BCUT2D eigenvalue weighted by Crippen LogP contribution is -2.31. The minimum Gasteiger partial charge on any atom is -0.451 e. The number of ketones is 1. The SMILES string of the molecule is CC(C)CCN1C(=O)c2ccc(C(=O)O[C@@H](C)C(=O)c3ccc(NS(C)(=O)=O)cc3)cc2C1=O. The number of carbonyl (C=O) groups excluding carboxylic acids is 4. The van der Waals surface area contributed by atoms with E-state index in [1.54, 1.807) is 0 Å². The number of benzene rings is 2. The van der Waals surface area contributed by atoms with Crippen molar-refractivity contribution < 1.29 is 32.3 Å². The molecule has 0 aliphatic carbocycles. The van der Waals surface area contributed by atoms with Crippen molar-refractivity contribution in [3.05, 3.63) is 64.7 Å². The highest BCUT2D eigenvalue weighted by atomic mass is 32.2. The molecule has 9 nitrogen and oxygen atoms in total. The lowest BCUT2D eigenvalue weighted by Gasteiger charge is -2.14. The van der Waals surface area contributed by atoms with E-state index in [2.05, 4.69) is 4.72 Å². The van der Waals surface area contributed by atoms with Crippen LogP contribution < -0.4 is 4.72 Å². The van der Waals surface area contributed by atoms with Gasteiger partial charge in [-0.3, -0.25) is 24.0 Å². The van der Waals surface area contributed by atoms with Gasteiger partial charge in [0.1, 0.15) is 0 Å². The van der Waals surface area contributed by atoms with Crippen LogP contribution in [-0.2, 0) is 14.8 Å². The Morgan fingerprint density at radius 1 is 0.941 bits per heavy atom. The molecule has 1 atom stereocenters. The summed E-state index contributed by atoms with van der Waals surface area (Å²) in [6.45, 7) is 5.71. The van der Waals surface area contributed by atoms with Crippen LogP contribution in [0.15, 0.2) is 42.5 Å². The number of amides is 2. The minimum atomic E-state index is -3.45. The monoisotopic (exact) mass is 486 g/mol. The number of fused-ring (bicyclic) bond motifs is 1. The standard InChI is InChI=1S/C24H26N2O7S/c1-14(2)11-12-26-22(28)19-10-7-17(13-20(19)23(26)29)24(30)33-15(3)21(27)16-5-8-18(9-6-16)25-34(4,31)32/h5-10,13-15,25H,11-12H2,1-4H3/t15-/m0/s1. The van der Waals surface area contributed by atoms with E-state index in [1.807, 2.05) is 13.8 Å². The van der Waals surface area contributed by atoms with Crippen molar-refractivity contribution in [2.24, 2.45) is 5.92 Å². The number of carbonyl (C=O) groups is 4. The summed E-state index contributed by atoms with van der Waals surface area (Å²) >= 11 is 0. The Balaban J connectivity index is 1.69. The Kier molecular flexibility index (Phi) is 7.21. The quantitative estimate of drug-likeness (QED) is 0.328. The Hall–Kier alpha value is -3.53. The molecule has 0 saturated heterocycles. The molecule has 0 spiro atoms. The molecule has 0 radical (unpaired) electrons. The van der Waals surface area contributed by atoms with Crippen LogP contribution in [0.2, 0.25) is 0 Å². The van der Waals surface area contributed by atoms with Gasteiger partial charge in [0.15, 0.2) is 6.10 Å². The molecule has 0 bridgehead atoms. The van der Waals surface area contributed by atoms with Gasteiger partial charge in [0, 0.05) is 17.8 Å². The summed E-state index contributed by atoms with van der Waals surface area (Å²) in [6, 6.07) is 9.82. The van der Waals surface area contributed by atoms with Gasteiger partial charge in [-0.2, -0.15) is 0 Å². The first-order valence-corrected chi connectivity index (χ1v) is 12.6. The number of hydrogen-bond acceptors (Lipinski definition) is 7. The lowest BCUT2D eigenvalue weighted by atomic mass is 10.1. The fourth-order valence-electron chi connectivity index (χ4n) is 3.44. The molecular formula is C24H26N2O7S. The van der Waals surface area contributed by atoms with Crippen LogP contribution in [0.1, 0.15) is 68.6 Å². The molecule has 0 saturated carbocycles. The van der Waals surface area contributed by atoms with Crippen LogP contribution in [0.3, 0.4) is 0 Å². The van der Waals surface area contributed by atoms with E-state index in [0.29, 0.717) is 24.6 Å². The third-order valence-corrected chi connectivity index (χ3v) is 5.87. The Bertz CT molecular complexity index is 1250. The molecule has 1 N–H and O–H groups in total. The second-order valence-electron chi connectivity index (χ2n) is 8.57. The van der Waals surface area contributed by atoms with Gasteiger partial charge in [-0.25, -0.2) is 13.2 Å². The molecule has 1 heterocycles. The summed E-state index contributed by atoms with van der Waals surface area (Å²) in [7, 11) is -3.45. The predicted molar refractivity (Wildman–Crippen MR) is 125 cm³/mol. The average Bonchev–Trinajstić information content (AvgIpc) is 3.00. The number of rotatable bonds is 9. The summed E-state index contributed by atoms with van der Waals surface area (Å²) in [5.74, 6) is -1.81. The Morgan fingerprint density at radius 3 is 2.12 bits per heavy atom. The lowest BCUT2D eigenvalue weighted by molar-refractivity contribution is 0.0318. The zero-order valence-corrected chi connectivity index (χ0v) is 20.1. The molecule has 34 heavy (non-hydrogen) atoms. The summed E-state index contributed by atoms with van der Waals surface area (Å²) in [5.41, 5.74) is 0.949. The number of ether oxygens (including phenoxy) is 1. The van der Waals surface area contributed by atoms with E-state index in [-0.39, 0.29) is 22.3 Å². The normalized spacial score (nSPS) is 14.2. The van der Waals surface area contributed by atoms with Crippen LogP contribution in [0.4, 0.5) is 5.69 Å². The summed E-state index contributed by atoms with van der Waals surface area (Å²) in [6.07, 6.45) is 0.555. The number of nitrogens with zero attached hydrogens (tertiary/aromatic N) is 1. The van der Waals surface area contributed by atoms with E-state index < -0.39 is 39.7 Å². The van der Waals surface area contributed by atoms with E-state index >= 15 is 0 Å². The number of esters is 1. The van der Waals surface area contributed by atoms with Crippen LogP contribution >= 0.6 is 0 Å². The maximum Gasteiger partial charge on any atom is 0.338 e. The first-order chi connectivity index (χ1) is 15.9. The number of sulfonamides is 1. The highest BCUT2D eigenvalue weighted by molar-refractivity contribution is 7.92. The van der Waals surface area contributed by atoms with Gasteiger partial charge in [0.2, 0.25) is 15.8 Å². The van der Waals surface area contributed by atoms with E-state index in [0.717, 1.165) is 6.26 Å². The molecule has 2 aromatic carbocycles. The van der Waals surface area contributed by atoms with Crippen molar-refractivity contribution in [3.63, 3.8) is 0 Å². The third-order valence-electron chi connectivity index (χ3n) is 5.26. The van der Waals surface area contributed by atoms with Crippen molar-refractivity contribution in [1.82, 2.24) is 4.90 Å². The number of nitrogens with one attached hydrogen (secondary N) is 1. The number of imide groups is 1. The fourth-order valence-corrected chi connectivity index (χ4v) is 4.01. The van der Waals surface area contributed by atoms with Crippen LogP contribution in [-0.4, -0.2) is 55.8 Å². The van der Waals surface area contributed by atoms with Gasteiger partial charge in [0.25, 0.3) is 11.8 Å². The maximum atomic E-state index is 12.7. The van der Waals surface area contributed by atoms with Gasteiger partial charge in [-0.15, -0.1) is 0 Å². The maximum absolute atomic E-state index is 12.7. The molecular weight excluding hydrogens is 460 g/mol. The molecule has 1 aliphatic rings. The highest BCUT2D eigenvalue weighted by Crippen LogP contribution is 2.25. The predicted octanol–water partition coefficient (Wildman–Crippen LogP) is 3.13. The van der Waals surface area contributed by atoms with E-state index in [9.17, 15) is 27.6 Å².